The number of hydrogen-bond donors (Lipinski definition) is 1. The van der Waals surface area contributed by atoms with Gasteiger partial charge in [0.1, 0.15) is 11.4 Å². The fourth-order valence-corrected chi connectivity index (χ4v) is 1.28. The van der Waals surface area contributed by atoms with Crippen LogP contribution in [0.2, 0.25) is 0 Å². The summed E-state index contributed by atoms with van der Waals surface area (Å²) < 4.78 is 0. The molecule has 1 heterocycles. The molecule has 0 spiro atoms. The van der Waals surface area contributed by atoms with Gasteiger partial charge in [0.2, 0.25) is 0 Å². The number of hydrogen-bond acceptors (Lipinski definition) is 3. The number of carbonyl (C=O) groups is 1. The molecule has 2 aromatic rings. The molecule has 0 unspecified atom stereocenters. The fourth-order valence-electron chi connectivity index (χ4n) is 1.28. The molecular weight excluding hydrogens is 216 g/mol. The molecule has 1 N–H and O–H groups in total. The lowest BCUT2D eigenvalue weighted by Crippen LogP contribution is -1.98. The highest BCUT2D eigenvalue weighted by atomic mass is 16.3. The molecule has 4 nitrogen and oxygen atoms in total. The van der Waals surface area contributed by atoms with E-state index in [-0.39, 0.29) is 11.4 Å². The summed E-state index contributed by atoms with van der Waals surface area (Å²) in [4.78, 5) is 19.2. The molecule has 0 atom stereocenters. The Labute approximate surface area is 98.3 Å². The van der Waals surface area contributed by atoms with Crippen LogP contribution >= 0.6 is 0 Å². The molecule has 1 amide bonds. The van der Waals surface area contributed by atoms with Crippen molar-refractivity contribution in [1.82, 2.24) is 4.98 Å². The van der Waals surface area contributed by atoms with Crippen LogP contribution < -0.4 is 0 Å². The van der Waals surface area contributed by atoms with E-state index in [9.17, 15) is 9.90 Å². The van der Waals surface area contributed by atoms with Crippen LogP contribution in [0.1, 0.15) is 16.1 Å². The Morgan fingerprint density at radius 3 is 2.65 bits per heavy atom. The van der Waals surface area contributed by atoms with Gasteiger partial charge >= 0.3 is 0 Å². The summed E-state index contributed by atoms with van der Waals surface area (Å²) in [7, 11) is 0. The van der Waals surface area contributed by atoms with Gasteiger partial charge in [0.05, 0.1) is 0 Å². The maximum absolute atomic E-state index is 11.6. The molecule has 4 heteroatoms. The minimum atomic E-state index is -0.436. The van der Waals surface area contributed by atoms with Crippen molar-refractivity contribution >= 4 is 12.1 Å². The zero-order valence-electron chi connectivity index (χ0n) is 8.95. The topological polar surface area (TPSA) is 62.5 Å². The Bertz CT molecular complexity index is 550. The third kappa shape index (κ3) is 2.75. The number of aliphatic imine (C=N–C) groups is 1. The first kappa shape index (κ1) is 11.0. The van der Waals surface area contributed by atoms with E-state index in [1.54, 1.807) is 36.4 Å². The van der Waals surface area contributed by atoms with Crippen molar-refractivity contribution in [2.24, 2.45) is 4.99 Å². The third-order valence-electron chi connectivity index (χ3n) is 2.14. The van der Waals surface area contributed by atoms with Gasteiger partial charge in [-0.2, -0.15) is 0 Å². The van der Waals surface area contributed by atoms with Gasteiger partial charge in [-0.3, -0.25) is 9.78 Å². The molecule has 0 aliphatic rings. The van der Waals surface area contributed by atoms with Crippen LogP contribution in [0.3, 0.4) is 0 Å². The number of pyridine rings is 1. The number of benzene rings is 1. The Kier molecular flexibility index (Phi) is 3.25. The van der Waals surface area contributed by atoms with E-state index in [2.05, 4.69) is 9.98 Å². The predicted octanol–water partition coefficient (Wildman–Crippen LogP) is 2.05. The number of phenols is 1. The summed E-state index contributed by atoms with van der Waals surface area (Å²) in [5.41, 5.74) is 0.774. The van der Waals surface area contributed by atoms with Crippen molar-refractivity contribution in [2.45, 2.75) is 0 Å². The fraction of sp³-hybridized carbons (Fsp3) is 0. The molecule has 0 saturated carbocycles. The van der Waals surface area contributed by atoms with E-state index in [1.165, 1.54) is 18.5 Å². The number of aromatic hydroxyl groups is 1. The van der Waals surface area contributed by atoms with E-state index in [1.807, 2.05) is 0 Å². The van der Waals surface area contributed by atoms with Gasteiger partial charge in [0, 0.05) is 18.0 Å². The number of amides is 1. The maximum atomic E-state index is 11.6. The van der Waals surface area contributed by atoms with Crippen LogP contribution in [-0.4, -0.2) is 22.2 Å². The molecular formula is C13H10N2O2. The van der Waals surface area contributed by atoms with Crippen LogP contribution in [0.25, 0.3) is 0 Å². The Hall–Kier alpha value is -2.49. The van der Waals surface area contributed by atoms with Crippen molar-refractivity contribution in [3.05, 3.63) is 59.9 Å². The highest BCUT2D eigenvalue weighted by Gasteiger charge is 2.03. The van der Waals surface area contributed by atoms with Crippen molar-refractivity contribution < 1.29 is 9.90 Å². The molecule has 2 rings (SSSR count). The van der Waals surface area contributed by atoms with E-state index in [0.29, 0.717) is 5.56 Å². The van der Waals surface area contributed by atoms with E-state index in [4.69, 9.17) is 0 Å². The third-order valence-corrected chi connectivity index (χ3v) is 2.14. The Balaban J connectivity index is 2.17. The second kappa shape index (κ2) is 5.03. The normalized spacial score (nSPS) is 10.6. The minimum Gasteiger partial charge on any atom is -0.507 e. The van der Waals surface area contributed by atoms with Crippen LogP contribution in [-0.2, 0) is 0 Å². The lowest BCUT2D eigenvalue weighted by molar-refractivity contribution is 0.0999. The zero-order valence-corrected chi connectivity index (χ0v) is 8.95. The Morgan fingerprint density at radius 2 is 1.94 bits per heavy atom. The van der Waals surface area contributed by atoms with Crippen molar-refractivity contribution in [1.29, 1.82) is 0 Å². The highest BCUT2D eigenvalue weighted by molar-refractivity contribution is 6.01. The quantitative estimate of drug-likeness (QED) is 0.797. The molecule has 0 bridgehead atoms. The summed E-state index contributed by atoms with van der Waals surface area (Å²) in [5.74, 6) is -0.348. The van der Waals surface area contributed by atoms with Crippen molar-refractivity contribution in [3.63, 3.8) is 0 Å². The van der Waals surface area contributed by atoms with Crippen molar-refractivity contribution in [2.75, 3.05) is 0 Å². The first-order valence-corrected chi connectivity index (χ1v) is 5.05. The molecule has 84 valence electrons. The van der Waals surface area contributed by atoms with Gasteiger partial charge < -0.3 is 5.11 Å². The van der Waals surface area contributed by atoms with Gasteiger partial charge in [-0.15, -0.1) is 0 Å². The molecule has 17 heavy (non-hydrogen) atoms. The largest absolute Gasteiger partial charge is 0.507 e. The predicted molar refractivity (Wildman–Crippen MR) is 64.3 cm³/mol. The smallest absolute Gasteiger partial charge is 0.295 e. The van der Waals surface area contributed by atoms with E-state index < -0.39 is 5.91 Å². The number of carbonyl (C=O) groups excluding carboxylic acids is 1. The maximum Gasteiger partial charge on any atom is 0.295 e. The second-order valence-corrected chi connectivity index (χ2v) is 3.34. The van der Waals surface area contributed by atoms with Crippen LogP contribution in [0.15, 0.2) is 53.7 Å². The summed E-state index contributed by atoms with van der Waals surface area (Å²) in [6.07, 6.45) is 2.86. The number of aromatic nitrogens is 1. The van der Waals surface area contributed by atoms with Crippen LogP contribution in [0.4, 0.5) is 0 Å². The van der Waals surface area contributed by atoms with Gasteiger partial charge in [0.25, 0.3) is 5.91 Å². The average Bonchev–Trinajstić information content (AvgIpc) is 2.38. The second-order valence-electron chi connectivity index (χ2n) is 3.34. The van der Waals surface area contributed by atoms with Gasteiger partial charge in [-0.05, 0) is 24.3 Å². The molecule has 0 radical (unpaired) electrons. The first-order chi connectivity index (χ1) is 8.27. The van der Waals surface area contributed by atoms with Crippen LogP contribution in [0.5, 0.6) is 5.75 Å². The minimum absolute atomic E-state index is 0.0880. The summed E-state index contributed by atoms with van der Waals surface area (Å²) in [6, 6.07) is 11.7. The van der Waals surface area contributed by atoms with Gasteiger partial charge in [-0.1, -0.05) is 18.2 Å². The molecule has 0 aliphatic heterocycles. The summed E-state index contributed by atoms with van der Waals surface area (Å²) >= 11 is 0. The van der Waals surface area contributed by atoms with E-state index >= 15 is 0 Å². The number of nitrogens with zero attached hydrogens (tertiary/aromatic N) is 2. The zero-order chi connectivity index (χ0) is 12.1. The van der Waals surface area contributed by atoms with Gasteiger partial charge in [-0.25, -0.2) is 4.99 Å². The molecule has 0 aliphatic carbocycles. The lowest BCUT2D eigenvalue weighted by Gasteiger charge is -1.96. The molecule has 0 fully saturated rings. The van der Waals surface area contributed by atoms with Crippen molar-refractivity contribution in [3.8, 4) is 5.75 Å². The molecule has 1 aromatic carbocycles. The number of para-hydroxylation sites is 1. The highest BCUT2D eigenvalue weighted by Crippen LogP contribution is 2.12. The average molecular weight is 226 g/mol. The monoisotopic (exact) mass is 226 g/mol. The molecule has 1 aromatic heterocycles. The first-order valence-electron chi connectivity index (χ1n) is 5.05. The number of phenolic OH excluding ortho intramolecular Hbond substituents is 1. The summed E-state index contributed by atoms with van der Waals surface area (Å²) in [6.45, 7) is 0. The molecule has 0 saturated heterocycles. The number of rotatable bonds is 2. The summed E-state index contributed by atoms with van der Waals surface area (Å²) in [5, 5.41) is 9.48. The van der Waals surface area contributed by atoms with Gasteiger partial charge in [0.15, 0.2) is 0 Å². The standard InChI is InChI=1S/C13H10N2O2/c16-12-7-2-1-5-10(12)9-15-13(17)11-6-3-4-8-14-11/h1-9,16H. The van der Waals surface area contributed by atoms with E-state index in [0.717, 1.165) is 0 Å². The Morgan fingerprint density at radius 1 is 1.18 bits per heavy atom. The SMILES string of the molecule is O=C(N=Cc1ccccc1O)c1ccccn1. The van der Waals surface area contributed by atoms with Crippen LogP contribution in [0, 0.1) is 0 Å². The lowest BCUT2D eigenvalue weighted by atomic mass is 10.2.